The summed E-state index contributed by atoms with van der Waals surface area (Å²) in [6.07, 6.45) is 8.37. The van der Waals surface area contributed by atoms with E-state index >= 15 is 0 Å². The fourth-order valence-corrected chi connectivity index (χ4v) is 2.71. The molecule has 1 aliphatic rings. The molecule has 0 nitrogen and oxygen atoms in total. The first-order valence-corrected chi connectivity index (χ1v) is 10.6. The van der Waals surface area contributed by atoms with Gasteiger partial charge in [-0.15, -0.1) is 53.1 Å². The molecule has 3 rings (SSSR count). The van der Waals surface area contributed by atoms with E-state index in [1.54, 1.807) is 24.2 Å². The van der Waals surface area contributed by atoms with E-state index < -0.39 is 0 Å². The Bertz CT molecular complexity index is 777. The number of allylic oxidation sites excluding steroid dienone is 4. The molecule has 3 heteroatoms. The SMILES string of the molecule is CC(C)(C)C1=CC=[C-]C1.CC(C)(C)c1c[cH-]c2ccccc12.C[C](C)=[Zr+2].[Cl-].[Cl-]. The molecule has 0 N–H and O–H groups in total. The molecule has 0 unspecified atom stereocenters. The summed E-state index contributed by atoms with van der Waals surface area (Å²) in [4.78, 5) is 0. The van der Waals surface area contributed by atoms with E-state index in [1.165, 1.54) is 25.1 Å². The molecule has 0 amide bonds. The summed E-state index contributed by atoms with van der Waals surface area (Å²) in [5, 5.41) is 2.75. The van der Waals surface area contributed by atoms with Crippen molar-refractivity contribution >= 4 is 14.0 Å². The number of hydrogen-bond donors (Lipinski definition) is 0. The van der Waals surface area contributed by atoms with Gasteiger partial charge in [-0.05, 0) is 5.41 Å². The first-order valence-electron chi connectivity index (χ1n) is 9.36. The van der Waals surface area contributed by atoms with Crippen molar-refractivity contribution in [2.24, 2.45) is 5.41 Å². The predicted octanol–water partition coefficient (Wildman–Crippen LogP) is 1.33. The van der Waals surface area contributed by atoms with Crippen molar-refractivity contribution in [3.05, 3.63) is 65.8 Å². The van der Waals surface area contributed by atoms with Crippen molar-refractivity contribution in [1.82, 2.24) is 0 Å². The second kappa shape index (κ2) is 13.0. The topological polar surface area (TPSA) is 0 Å². The zero-order chi connectivity index (χ0) is 20.0. The van der Waals surface area contributed by atoms with Gasteiger partial charge in [-0.25, -0.2) is 12.2 Å². The summed E-state index contributed by atoms with van der Waals surface area (Å²) in [5.41, 5.74) is 3.54. The number of halogens is 2. The molecule has 0 fully saturated rings. The number of rotatable bonds is 0. The molecule has 0 bridgehead atoms. The van der Waals surface area contributed by atoms with E-state index in [0.29, 0.717) is 5.41 Å². The fourth-order valence-electron chi connectivity index (χ4n) is 2.71. The van der Waals surface area contributed by atoms with Crippen LogP contribution in [0.2, 0.25) is 0 Å². The molecule has 2 aromatic carbocycles. The Morgan fingerprint density at radius 3 is 1.89 bits per heavy atom. The molecule has 0 aliphatic heterocycles. The van der Waals surface area contributed by atoms with Crippen molar-refractivity contribution < 1.29 is 49.0 Å². The maximum Gasteiger partial charge on any atom is -1.00 e. The predicted molar refractivity (Wildman–Crippen MR) is 115 cm³/mol. The van der Waals surface area contributed by atoms with Gasteiger partial charge in [0.2, 0.25) is 0 Å². The Morgan fingerprint density at radius 1 is 0.964 bits per heavy atom. The van der Waals surface area contributed by atoms with E-state index in [4.69, 9.17) is 0 Å². The molecular formula is C25H34Cl2Zr-2. The van der Waals surface area contributed by atoms with Crippen LogP contribution in [0.5, 0.6) is 0 Å². The van der Waals surface area contributed by atoms with E-state index in [9.17, 15) is 0 Å². The number of fused-ring (bicyclic) bond motifs is 1. The van der Waals surface area contributed by atoms with E-state index in [0.717, 1.165) is 6.42 Å². The van der Waals surface area contributed by atoms with Crippen LogP contribution in [-0.4, -0.2) is 3.21 Å². The van der Waals surface area contributed by atoms with Crippen LogP contribution in [0.4, 0.5) is 0 Å². The molecule has 0 aromatic heterocycles. The zero-order valence-corrected chi connectivity index (χ0v) is 22.6. The Kier molecular flexibility index (Phi) is 13.9. The van der Waals surface area contributed by atoms with Gasteiger partial charge in [-0.2, -0.15) is 5.57 Å². The third-order valence-electron chi connectivity index (χ3n) is 4.15. The molecule has 154 valence electrons. The van der Waals surface area contributed by atoms with Crippen LogP contribution in [0.15, 0.2) is 54.1 Å². The third kappa shape index (κ3) is 10.4. The summed E-state index contributed by atoms with van der Waals surface area (Å²) in [7, 11) is 0. The molecule has 0 radical (unpaired) electrons. The molecule has 0 saturated carbocycles. The summed E-state index contributed by atoms with van der Waals surface area (Å²) in [6.45, 7) is 17.7. The van der Waals surface area contributed by atoms with Crippen molar-refractivity contribution in [2.45, 2.75) is 67.2 Å². The minimum absolute atomic E-state index is 0. The van der Waals surface area contributed by atoms with Gasteiger partial charge < -0.3 is 24.8 Å². The van der Waals surface area contributed by atoms with Gasteiger partial charge >= 0.3 is 41.3 Å². The smallest absolute Gasteiger partial charge is 1.00 e. The van der Waals surface area contributed by atoms with E-state index in [1.807, 2.05) is 6.08 Å². The normalized spacial score (nSPS) is 12.6. The molecule has 0 heterocycles. The maximum atomic E-state index is 3.16. The van der Waals surface area contributed by atoms with Crippen LogP contribution >= 0.6 is 0 Å². The minimum Gasteiger partial charge on any atom is -1.00 e. The number of hydrogen-bond acceptors (Lipinski definition) is 0. The summed E-state index contributed by atoms with van der Waals surface area (Å²) in [5.74, 6) is 0. The maximum absolute atomic E-state index is 3.16. The van der Waals surface area contributed by atoms with Gasteiger partial charge in [0.15, 0.2) is 0 Å². The van der Waals surface area contributed by atoms with Crippen LogP contribution in [0.1, 0.15) is 67.4 Å². The summed E-state index contributed by atoms with van der Waals surface area (Å²) in [6, 6.07) is 13.0. The zero-order valence-electron chi connectivity index (χ0n) is 18.6. The van der Waals surface area contributed by atoms with Crippen molar-refractivity contribution in [3.63, 3.8) is 0 Å². The molecule has 1 aliphatic carbocycles. The van der Waals surface area contributed by atoms with E-state index in [2.05, 4.69) is 104 Å². The second-order valence-corrected chi connectivity index (χ2v) is 11.5. The van der Waals surface area contributed by atoms with E-state index in [-0.39, 0.29) is 30.2 Å². The molecule has 0 atom stereocenters. The number of benzene rings is 1. The Morgan fingerprint density at radius 2 is 1.50 bits per heavy atom. The monoisotopic (exact) mass is 494 g/mol. The fraction of sp³-hybridized carbons (Fsp3) is 0.440. The van der Waals surface area contributed by atoms with Gasteiger partial charge in [-0.3, -0.25) is 6.08 Å². The van der Waals surface area contributed by atoms with Crippen molar-refractivity contribution in [1.29, 1.82) is 0 Å². The molecule has 0 spiro atoms. The molecule has 0 saturated heterocycles. The minimum atomic E-state index is 0. The average molecular weight is 497 g/mol. The van der Waals surface area contributed by atoms with Crippen LogP contribution in [0, 0.1) is 11.5 Å². The Balaban J connectivity index is 0. The van der Waals surface area contributed by atoms with Crippen LogP contribution in [0.25, 0.3) is 10.8 Å². The standard InChI is InChI=1S/C13H15.C9H13.C3H6.2ClH.Zr/c1-13(2,3)12-9-8-10-6-4-5-7-11(10)12;1-9(2,3)8-6-4-5-7-8;1-3-2;;;/h4-9H,1-3H3;4,6H,7H2,1-3H3;1-2H3;2*1H;/q2*-1;;;;+2/p-2. The second-order valence-electron chi connectivity index (χ2n) is 9.07. The van der Waals surface area contributed by atoms with Gasteiger partial charge in [0.1, 0.15) is 0 Å². The van der Waals surface area contributed by atoms with Gasteiger partial charge in [0.05, 0.1) is 0 Å². The first-order chi connectivity index (χ1) is 11.9. The average Bonchev–Trinajstić information content (AvgIpc) is 3.16. The van der Waals surface area contributed by atoms with Gasteiger partial charge in [0.25, 0.3) is 0 Å². The Hall–Kier alpha value is -0.357. The third-order valence-corrected chi connectivity index (χ3v) is 4.15. The Labute approximate surface area is 200 Å². The van der Waals surface area contributed by atoms with Crippen molar-refractivity contribution in [2.75, 3.05) is 0 Å². The first kappa shape index (κ1) is 29.8. The summed E-state index contributed by atoms with van der Waals surface area (Å²) >= 11 is 1.55. The summed E-state index contributed by atoms with van der Waals surface area (Å²) < 4.78 is 1.51. The van der Waals surface area contributed by atoms with Crippen molar-refractivity contribution in [3.8, 4) is 0 Å². The van der Waals surface area contributed by atoms with Gasteiger partial charge in [-0.1, -0.05) is 53.0 Å². The van der Waals surface area contributed by atoms with Crippen LogP contribution in [0.3, 0.4) is 0 Å². The van der Waals surface area contributed by atoms with Crippen LogP contribution in [-0.2, 0) is 29.7 Å². The largest absolute Gasteiger partial charge is 1.00 e. The quantitative estimate of drug-likeness (QED) is 0.483. The molecule has 2 aromatic rings. The van der Waals surface area contributed by atoms with Crippen LogP contribution < -0.4 is 24.8 Å². The van der Waals surface area contributed by atoms with Gasteiger partial charge in [0, 0.05) is 0 Å². The molecule has 28 heavy (non-hydrogen) atoms. The molecular weight excluding hydrogens is 462 g/mol.